The van der Waals surface area contributed by atoms with Crippen LogP contribution in [0.4, 0.5) is 0 Å². The quantitative estimate of drug-likeness (QED) is 0.230. The van der Waals surface area contributed by atoms with Gasteiger partial charge in [0.2, 0.25) is 0 Å². The molecule has 4 aromatic carbocycles. The third-order valence-electron chi connectivity index (χ3n) is 5.27. The van der Waals surface area contributed by atoms with E-state index < -0.39 is 0 Å². The van der Waals surface area contributed by atoms with Crippen molar-refractivity contribution in [2.24, 2.45) is 5.11 Å². The van der Waals surface area contributed by atoms with Crippen LogP contribution in [0.1, 0.15) is 30.1 Å². The summed E-state index contributed by atoms with van der Waals surface area (Å²) < 4.78 is 0. The molecule has 0 aliphatic carbocycles. The molecule has 138 valence electrons. The van der Waals surface area contributed by atoms with Crippen LogP contribution in [0.25, 0.3) is 32.0 Å². The molecule has 0 aliphatic rings. The highest BCUT2D eigenvalue weighted by Crippen LogP contribution is 2.29. The summed E-state index contributed by atoms with van der Waals surface area (Å²) in [7, 11) is 0. The Morgan fingerprint density at radius 1 is 0.786 bits per heavy atom. The Bertz CT molecular complexity index is 1150. The fourth-order valence-electron chi connectivity index (χ4n) is 3.93. The number of rotatable bonds is 6. The van der Waals surface area contributed by atoms with E-state index in [-0.39, 0.29) is 12.1 Å². The molecule has 0 saturated carbocycles. The van der Waals surface area contributed by atoms with Crippen LogP contribution in [-0.2, 0) is 0 Å². The van der Waals surface area contributed by atoms with Crippen molar-refractivity contribution in [1.82, 2.24) is 5.32 Å². The van der Waals surface area contributed by atoms with E-state index in [2.05, 4.69) is 95.1 Å². The van der Waals surface area contributed by atoms with Gasteiger partial charge in [0, 0.05) is 23.5 Å². The van der Waals surface area contributed by atoms with E-state index in [0.29, 0.717) is 6.54 Å². The highest BCUT2D eigenvalue weighted by molar-refractivity contribution is 5.87. The molecule has 0 radical (unpaired) electrons. The zero-order valence-corrected chi connectivity index (χ0v) is 15.8. The fraction of sp³-hybridized carbons (Fsp3) is 0.167. The third kappa shape index (κ3) is 3.56. The standard InChI is InChI=1S/C24H22N4/c1-17(20-14-6-10-18-8-2-4-12-21(18)20)27-24(16-26-28-25)23-15-7-11-19-9-3-5-13-22(19)23/h2-15,17,24,27H,16H2,1H3/t17-,24+/m1/s1. The minimum atomic E-state index is -0.0732. The van der Waals surface area contributed by atoms with Gasteiger partial charge in [0.15, 0.2) is 0 Å². The molecule has 4 aromatic rings. The van der Waals surface area contributed by atoms with Crippen molar-refractivity contribution in [3.63, 3.8) is 0 Å². The van der Waals surface area contributed by atoms with Gasteiger partial charge in [-0.15, -0.1) is 0 Å². The van der Waals surface area contributed by atoms with Crippen LogP contribution in [0.15, 0.2) is 90.0 Å². The Morgan fingerprint density at radius 3 is 1.96 bits per heavy atom. The van der Waals surface area contributed by atoms with Crippen molar-refractivity contribution in [2.45, 2.75) is 19.0 Å². The number of nitrogens with zero attached hydrogens (tertiary/aromatic N) is 3. The lowest BCUT2D eigenvalue weighted by atomic mass is 9.95. The maximum atomic E-state index is 8.90. The minimum absolute atomic E-state index is 0.0732. The van der Waals surface area contributed by atoms with Gasteiger partial charge in [-0.1, -0.05) is 90.0 Å². The molecule has 28 heavy (non-hydrogen) atoms. The number of benzene rings is 4. The molecule has 0 aliphatic heterocycles. The third-order valence-corrected chi connectivity index (χ3v) is 5.27. The SMILES string of the molecule is C[C@@H](N[C@@H](CN=[N+]=[N-])c1cccc2ccccc12)c1cccc2ccccc12. The summed E-state index contributed by atoms with van der Waals surface area (Å²) in [5.74, 6) is 0. The number of hydrogen-bond donors (Lipinski definition) is 1. The molecule has 4 heteroatoms. The van der Waals surface area contributed by atoms with Gasteiger partial charge >= 0.3 is 0 Å². The van der Waals surface area contributed by atoms with Crippen LogP contribution in [0.5, 0.6) is 0 Å². The van der Waals surface area contributed by atoms with E-state index in [0.717, 1.165) is 5.56 Å². The second-order valence-corrected chi connectivity index (χ2v) is 6.99. The van der Waals surface area contributed by atoms with E-state index in [1.54, 1.807) is 0 Å². The normalized spacial score (nSPS) is 13.2. The van der Waals surface area contributed by atoms with Crippen molar-refractivity contribution in [3.05, 3.63) is 106 Å². The van der Waals surface area contributed by atoms with Crippen LogP contribution in [0, 0.1) is 0 Å². The number of azide groups is 1. The fourth-order valence-corrected chi connectivity index (χ4v) is 3.93. The molecule has 0 bridgehead atoms. The first kappa shape index (κ1) is 18.1. The molecule has 0 fully saturated rings. The van der Waals surface area contributed by atoms with Crippen LogP contribution in [-0.4, -0.2) is 6.54 Å². The molecule has 0 unspecified atom stereocenters. The van der Waals surface area contributed by atoms with Crippen molar-refractivity contribution >= 4 is 21.5 Å². The molecule has 0 aromatic heterocycles. The first-order chi connectivity index (χ1) is 13.8. The van der Waals surface area contributed by atoms with Gasteiger partial charge in [0.05, 0.1) is 0 Å². The van der Waals surface area contributed by atoms with Crippen molar-refractivity contribution in [2.75, 3.05) is 6.54 Å². The lowest BCUT2D eigenvalue weighted by Gasteiger charge is -2.25. The maximum Gasteiger partial charge on any atom is 0.0454 e. The van der Waals surface area contributed by atoms with E-state index in [1.807, 2.05) is 12.1 Å². The Hall–Kier alpha value is -3.33. The average molecular weight is 366 g/mol. The lowest BCUT2D eigenvalue weighted by Crippen LogP contribution is -2.27. The Balaban J connectivity index is 1.73. The zero-order chi connectivity index (χ0) is 19.3. The summed E-state index contributed by atoms with van der Waals surface area (Å²) in [4.78, 5) is 3.00. The van der Waals surface area contributed by atoms with E-state index in [4.69, 9.17) is 5.53 Å². The number of hydrogen-bond acceptors (Lipinski definition) is 2. The Morgan fingerprint density at radius 2 is 1.32 bits per heavy atom. The van der Waals surface area contributed by atoms with Gasteiger partial charge in [0.25, 0.3) is 0 Å². The molecule has 0 heterocycles. The molecular formula is C24H22N4. The molecule has 1 N–H and O–H groups in total. The Kier molecular flexibility index (Phi) is 5.24. The molecule has 4 rings (SSSR count). The average Bonchev–Trinajstić information content (AvgIpc) is 2.75. The van der Waals surface area contributed by atoms with Crippen LogP contribution in [0.3, 0.4) is 0 Å². The summed E-state index contributed by atoms with van der Waals surface area (Å²) in [6.07, 6.45) is 0. The van der Waals surface area contributed by atoms with Gasteiger partial charge in [-0.2, -0.15) is 0 Å². The predicted molar refractivity (Wildman–Crippen MR) is 116 cm³/mol. The van der Waals surface area contributed by atoms with Crippen molar-refractivity contribution in [3.8, 4) is 0 Å². The van der Waals surface area contributed by atoms with Crippen molar-refractivity contribution in [1.29, 1.82) is 0 Å². The highest BCUT2D eigenvalue weighted by atomic mass is 15.1. The predicted octanol–water partition coefficient (Wildman–Crippen LogP) is 6.70. The van der Waals surface area contributed by atoms with Crippen molar-refractivity contribution < 1.29 is 0 Å². The first-order valence-corrected chi connectivity index (χ1v) is 9.50. The topological polar surface area (TPSA) is 60.8 Å². The molecule has 0 spiro atoms. The van der Waals surface area contributed by atoms with Gasteiger partial charge in [-0.25, -0.2) is 0 Å². The van der Waals surface area contributed by atoms with Crippen LogP contribution in [0.2, 0.25) is 0 Å². The number of fused-ring (bicyclic) bond motifs is 2. The molecule has 2 atom stereocenters. The van der Waals surface area contributed by atoms with Gasteiger partial charge in [0.1, 0.15) is 0 Å². The highest BCUT2D eigenvalue weighted by Gasteiger charge is 2.18. The summed E-state index contributed by atoms with van der Waals surface area (Å²) in [6.45, 7) is 2.52. The van der Waals surface area contributed by atoms with Crippen LogP contribution < -0.4 is 5.32 Å². The summed E-state index contributed by atoms with van der Waals surface area (Å²) >= 11 is 0. The molecular weight excluding hydrogens is 344 g/mol. The van der Waals surface area contributed by atoms with Gasteiger partial charge < -0.3 is 5.32 Å². The van der Waals surface area contributed by atoms with Gasteiger partial charge in [-0.05, 0) is 45.1 Å². The van der Waals surface area contributed by atoms with E-state index >= 15 is 0 Å². The molecule has 0 amide bonds. The monoisotopic (exact) mass is 366 g/mol. The smallest absolute Gasteiger partial charge is 0.0454 e. The summed E-state index contributed by atoms with van der Waals surface area (Å²) in [5, 5.41) is 12.4. The first-order valence-electron chi connectivity index (χ1n) is 9.50. The van der Waals surface area contributed by atoms with E-state index in [9.17, 15) is 0 Å². The largest absolute Gasteiger partial charge is 0.303 e. The summed E-state index contributed by atoms with van der Waals surface area (Å²) in [6, 6.07) is 29.4. The molecule has 0 saturated heterocycles. The second kappa shape index (κ2) is 8.13. The zero-order valence-electron chi connectivity index (χ0n) is 15.8. The Labute approximate surface area is 164 Å². The van der Waals surface area contributed by atoms with E-state index in [1.165, 1.54) is 27.1 Å². The van der Waals surface area contributed by atoms with Crippen LogP contribution >= 0.6 is 0 Å². The minimum Gasteiger partial charge on any atom is -0.303 e. The molecule has 4 nitrogen and oxygen atoms in total. The lowest BCUT2D eigenvalue weighted by molar-refractivity contribution is 0.477. The van der Waals surface area contributed by atoms with Gasteiger partial charge in [-0.3, -0.25) is 0 Å². The summed E-state index contributed by atoms with van der Waals surface area (Å²) in [5.41, 5.74) is 11.3. The number of nitrogens with one attached hydrogen (secondary N) is 1. The second-order valence-electron chi connectivity index (χ2n) is 6.99. The maximum absolute atomic E-state index is 8.90.